The van der Waals surface area contributed by atoms with Crippen molar-refractivity contribution in [3.05, 3.63) is 63.4 Å². The van der Waals surface area contributed by atoms with Crippen LogP contribution in [0.4, 0.5) is 10.5 Å². The van der Waals surface area contributed by atoms with E-state index < -0.39 is 0 Å². The number of urea groups is 1. The summed E-state index contributed by atoms with van der Waals surface area (Å²) in [6, 6.07) is 12.5. The predicted molar refractivity (Wildman–Crippen MR) is 132 cm³/mol. The summed E-state index contributed by atoms with van der Waals surface area (Å²) in [5.41, 5.74) is 1.47. The zero-order valence-electron chi connectivity index (χ0n) is 19.0. The number of H-pyrrole nitrogens is 1. The van der Waals surface area contributed by atoms with E-state index in [1.165, 1.54) is 0 Å². The number of likely N-dealkylation sites (N-methyl/N-ethyl adjacent to an activating group) is 1. The van der Waals surface area contributed by atoms with E-state index in [0.717, 1.165) is 31.3 Å². The molecule has 34 heavy (non-hydrogen) atoms. The average Bonchev–Trinajstić information content (AvgIpc) is 3.47. The lowest BCUT2D eigenvalue weighted by molar-refractivity contribution is 0.174. The molecule has 0 spiro atoms. The summed E-state index contributed by atoms with van der Waals surface area (Å²) in [6.45, 7) is 4.92. The minimum Gasteiger partial charge on any atom is -0.454 e. The van der Waals surface area contributed by atoms with Gasteiger partial charge in [-0.05, 0) is 50.2 Å². The number of likely N-dealkylation sites (tertiary alicyclic amines) is 1. The van der Waals surface area contributed by atoms with E-state index in [0.29, 0.717) is 39.8 Å². The van der Waals surface area contributed by atoms with Crippen LogP contribution in [0, 0.1) is 0 Å². The first kappa shape index (κ1) is 22.6. The molecule has 8 nitrogen and oxygen atoms in total. The lowest BCUT2D eigenvalue weighted by Gasteiger charge is -2.30. The molecular formula is C25H27ClN4O4. The summed E-state index contributed by atoms with van der Waals surface area (Å²) >= 11 is 6.27. The molecule has 5 rings (SSSR count). The minimum atomic E-state index is -0.291. The molecule has 1 saturated heterocycles. The summed E-state index contributed by atoms with van der Waals surface area (Å²) in [5, 5.41) is 4.20. The summed E-state index contributed by atoms with van der Waals surface area (Å²) in [5.74, 6) is 1.25. The van der Waals surface area contributed by atoms with Crippen LogP contribution < -0.4 is 20.3 Å². The fourth-order valence-corrected chi connectivity index (χ4v) is 4.90. The molecule has 2 N–H and O–H groups in total. The number of nitrogens with one attached hydrogen (secondary N) is 2. The second kappa shape index (κ2) is 9.56. The molecule has 0 aliphatic carbocycles. The maximum absolute atomic E-state index is 13.4. The van der Waals surface area contributed by atoms with Crippen molar-refractivity contribution in [2.24, 2.45) is 0 Å². The van der Waals surface area contributed by atoms with Gasteiger partial charge in [0.25, 0.3) is 5.56 Å². The van der Waals surface area contributed by atoms with Crippen molar-refractivity contribution in [2.75, 3.05) is 31.7 Å². The number of ether oxygens (including phenoxy) is 2. The van der Waals surface area contributed by atoms with Crippen LogP contribution in [0.2, 0.25) is 5.02 Å². The van der Waals surface area contributed by atoms with Crippen LogP contribution >= 0.6 is 11.6 Å². The number of aromatic amines is 1. The molecule has 0 saturated carbocycles. The number of nitrogens with zero attached hydrogens (tertiary/aromatic N) is 2. The fourth-order valence-electron chi connectivity index (χ4n) is 4.71. The SMILES string of the molecule is CCN1CCCC1CN(Cc1cc2cc3c(cc2[nH]c1=O)OCO3)C(=O)Nc1ccccc1Cl. The molecule has 1 aromatic heterocycles. The topological polar surface area (TPSA) is 86.9 Å². The van der Waals surface area contributed by atoms with Crippen LogP contribution in [0.5, 0.6) is 11.5 Å². The Hall–Kier alpha value is -3.23. The predicted octanol–water partition coefficient (Wildman–Crippen LogP) is 4.43. The Kier molecular flexibility index (Phi) is 6.34. The van der Waals surface area contributed by atoms with E-state index in [1.807, 2.05) is 24.3 Å². The highest BCUT2D eigenvalue weighted by Gasteiger charge is 2.28. The first-order valence-electron chi connectivity index (χ1n) is 11.5. The molecule has 9 heteroatoms. The van der Waals surface area contributed by atoms with Gasteiger partial charge in [-0.3, -0.25) is 9.69 Å². The number of rotatable bonds is 6. The second-order valence-corrected chi connectivity index (χ2v) is 9.04. The second-order valence-electron chi connectivity index (χ2n) is 8.63. The van der Waals surface area contributed by atoms with Crippen LogP contribution in [-0.4, -0.2) is 53.3 Å². The van der Waals surface area contributed by atoms with Crippen molar-refractivity contribution >= 4 is 34.2 Å². The van der Waals surface area contributed by atoms with Crippen molar-refractivity contribution in [3.63, 3.8) is 0 Å². The zero-order chi connectivity index (χ0) is 23.7. The number of amides is 2. The van der Waals surface area contributed by atoms with E-state index in [1.54, 1.807) is 23.1 Å². The number of anilines is 1. The number of carbonyl (C=O) groups is 1. The van der Waals surface area contributed by atoms with Crippen LogP contribution in [0.15, 0.2) is 47.3 Å². The lowest BCUT2D eigenvalue weighted by Crippen LogP contribution is -2.45. The minimum absolute atomic E-state index is 0.161. The third-order valence-corrected chi connectivity index (χ3v) is 6.84. The van der Waals surface area contributed by atoms with E-state index in [2.05, 4.69) is 22.1 Å². The molecule has 3 heterocycles. The molecule has 178 valence electrons. The van der Waals surface area contributed by atoms with Crippen molar-refractivity contribution in [2.45, 2.75) is 32.4 Å². The highest BCUT2D eigenvalue weighted by atomic mass is 35.5. The molecule has 0 radical (unpaired) electrons. The molecule has 1 fully saturated rings. The van der Waals surface area contributed by atoms with Crippen molar-refractivity contribution in [1.82, 2.24) is 14.8 Å². The van der Waals surface area contributed by atoms with Gasteiger partial charge in [0.05, 0.1) is 22.8 Å². The Balaban J connectivity index is 1.44. The number of hydrogen-bond donors (Lipinski definition) is 2. The van der Waals surface area contributed by atoms with Gasteiger partial charge in [0.15, 0.2) is 11.5 Å². The van der Waals surface area contributed by atoms with Gasteiger partial charge in [-0.15, -0.1) is 0 Å². The molecule has 2 aliphatic heterocycles. The van der Waals surface area contributed by atoms with Crippen LogP contribution in [-0.2, 0) is 6.54 Å². The Morgan fingerprint density at radius 1 is 1.24 bits per heavy atom. The molecule has 1 unspecified atom stereocenters. The molecule has 2 amide bonds. The Morgan fingerprint density at radius 3 is 2.82 bits per heavy atom. The maximum atomic E-state index is 13.4. The smallest absolute Gasteiger partial charge is 0.322 e. The number of halogens is 1. The maximum Gasteiger partial charge on any atom is 0.322 e. The monoisotopic (exact) mass is 482 g/mol. The van der Waals surface area contributed by atoms with Gasteiger partial charge in [0, 0.05) is 29.6 Å². The number of aromatic nitrogens is 1. The van der Waals surface area contributed by atoms with Crippen molar-refractivity contribution in [1.29, 1.82) is 0 Å². The quantitative estimate of drug-likeness (QED) is 0.542. The molecule has 1 atom stereocenters. The van der Waals surface area contributed by atoms with Crippen LogP contribution in [0.25, 0.3) is 10.9 Å². The highest BCUT2D eigenvalue weighted by Crippen LogP contribution is 2.35. The number of fused-ring (bicyclic) bond motifs is 2. The summed E-state index contributed by atoms with van der Waals surface area (Å²) < 4.78 is 10.9. The van der Waals surface area contributed by atoms with E-state index in [-0.39, 0.29) is 31.0 Å². The van der Waals surface area contributed by atoms with E-state index in [4.69, 9.17) is 21.1 Å². The molecule has 3 aromatic rings. The number of pyridine rings is 1. The van der Waals surface area contributed by atoms with Gasteiger partial charge in [-0.25, -0.2) is 4.79 Å². The van der Waals surface area contributed by atoms with Gasteiger partial charge in [0.1, 0.15) is 0 Å². The average molecular weight is 483 g/mol. The number of hydrogen-bond acceptors (Lipinski definition) is 5. The molecule has 2 aliphatic rings. The van der Waals surface area contributed by atoms with Gasteiger partial charge in [-0.1, -0.05) is 30.7 Å². The summed E-state index contributed by atoms with van der Waals surface area (Å²) in [6.07, 6.45) is 2.11. The van der Waals surface area contributed by atoms with Gasteiger partial charge in [-0.2, -0.15) is 0 Å². The number of para-hydroxylation sites is 1. The Labute approximate surface area is 202 Å². The summed E-state index contributed by atoms with van der Waals surface area (Å²) in [7, 11) is 0. The normalized spacial score (nSPS) is 17.3. The van der Waals surface area contributed by atoms with Crippen molar-refractivity contribution in [3.8, 4) is 11.5 Å². The zero-order valence-corrected chi connectivity index (χ0v) is 19.7. The van der Waals surface area contributed by atoms with E-state index in [9.17, 15) is 9.59 Å². The van der Waals surface area contributed by atoms with Gasteiger partial charge >= 0.3 is 6.03 Å². The summed E-state index contributed by atoms with van der Waals surface area (Å²) in [4.78, 5) is 33.3. The third-order valence-electron chi connectivity index (χ3n) is 6.51. The fraction of sp³-hybridized carbons (Fsp3) is 0.360. The van der Waals surface area contributed by atoms with Gasteiger partial charge in [0.2, 0.25) is 6.79 Å². The third kappa shape index (κ3) is 4.56. The first-order valence-corrected chi connectivity index (χ1v) is 11.9. The van der Waals surface area contributed by atoms with Crippen molar-refractivity contribution < 1.29 is 14.3 Å². The van der Waals surface area contributed by atoms with Gasteiger partial charge < -0.3 is 24.7 Å². The number of carbonyl (C=O) groups excluding carboxylic acids is 1. The van der Waals surface area contributed by atoms with Crippen LogP contribution in [0.3, 0.4) is 0 Å². The van der Waals surface area contributed by atoms with E-state index >= 15 is 0 Å². The highest BCUT2D eigenvalue weighted by molar-refractivity contribution is 6.33. The van der Waals surface area contributed by atoms with Crippen LogP contribution in [0.1, 0.15) is 25.3 Å². The number of benzene rings is 2. The largest absolute Gasteiger partial charge is 0.454 e. The molecular weight excluding hydrogens is 456 g/mol. The standard InChI is InChI=1S/C25H27ClN4O4/c1-2-29-9-5-6-18(29)14-30(25(32)28-20-8-4-3-7-19(20)26)13-17-10-16-11-22-23(34-15-33-22)12-21(16)27-24(17)31/h3-4,7-8,10-12,18H,2,5-6,9,13-15H2,1H3,(H,27,31)(H,28,32). The Bertz CT molecular complexity index is 1280. The Morgan fingerprint density at radius 2 is 2.03 bits per heavy atom. The molecule has 2 aromatic carbocycles. The first-order chi connectivity index (χ1) is 16.5. The lowest BCUT2D eigenvalue weighted by atomic mass is 10.1. The molecule has 0 bridgehead atoms.